The Kier molecular flexibility index (Phi) is 4.27. The molecule has 2 N–H and O–H groups in total. The molecule has 1 amide bonds. The first-order chi connectivity index (χ1) is 13.0. The Hall–Kier alpha value is -3.01. The molecule has 27 heavy (non-hydrogen) atoms. The van der Waals surface area contributed by atoms with Gasteiger partial charge in [-0.25, -0.2) is 0 Å². The molecule has 0 saturated heterocycles. The van der Waals surface area contributed by atoms with Gasteiger partial charge in [0.25, 0.3) is 5.91 Å². The van der Waals surface area contributed by atoms with Gasteiger partial charge in [-0.15, -0.1) is 0 Å². The van der Waals surface area contributed by atoms with E-state index in [-0.39, 0.29) is 11.9 Å². The van der Waals surface area contributed by atoms with Crippen molar-refractivity contribution >= 4 is 5.91 Å². The van der Waals surface area contributed by atoms with Crippen LogP contribution < -0.4 is 10.5 Å². The summed E-state index contributed by atoms with van der Waals surface area (Å²) >= 11 is 0. The molecule has 138 valence electrons. The Labute approximate surface area is 159 Å². The number of hydrogen-bond donors (Lipinski definition) is 1. The zero-order chi connectivity index (χ0) is 19.1. The smallest absolute Gasteiger partial charge is 0.251 e. The number of nitrogens with two attached hydrogens (primary N) is 1. The van der Waals surface area contributed by atoms with Gasteiger partial charge >= 0.3 is 0 Å². The molecule has 1 heterocycles. The third-order valence-corrected chi connectivity index (χ3v) is 5.73. The number of methoxy groups -OCH3 is 1. The highest BCUT2D eigenvalue weighted by Gasteiger charge is 2.30. The van der Waals surface area contributed by atoms with Crippen LogP contribution in [0.2, 0.25) is 0 Å². The third kappa shape index (κ3) is 2.72. The molecule has 0 fully saturated rings. The monoisotopic (exact) mass is 360 g/mol. The van der Waals surface area contributed by atoms with E-state index >= 15 is 0 Å². The molecule has 1 aromatic heterocycles. The number of aryl methyl sites for hydroxylation is 1. The number of hydrogen-bond acceptors (Lipinski definition) is 2. The predicted molar refractivity (Wildman–Crippen MR) is 107 cm³/mol. The molecule has 4 rings (SSSR count). The molecule has 2 aromatic carbocycles. The lowest BCUT2D eigenvalue weighted by atomic mass is 10.00. The van der Waals surface area contributed by atoms with Crippen LogP contribution in [0, 0.1) is 13.8 Å². The first-order valence-electron chi connectivity index (χ1n) is 9.26. The van der Waals surface area contributed by atoms with Crippen LogP contribution in [-0.4, -0.2) is 17.6 Å². The van der Waals surface area contributed by atoms with E-state index in [0.29, 0.717) is 5.56 Å². The summed E-state index contributed by atoms with van der Waals surface area (Å²) in [5.41, 5.74) is 13.1. The van der Waals surface area contributed by atoms with Crippen molar-refractivity contribution in [3.05, 3.63) is 76.6 Å². The molecule has 0 radical (unpaired) electrons. The molecule has 0 saturated carbocycles. The van der Waals surface area contributed by atoms with Crippen LogP contribution in [0.4, 0.5) is 0 Å². The molecule has 0 bridgehead atoms. The highest BCUT2D eigenvalue weighted by Crippen LogP contribution is 2.41. The third-order valence-electron chi connectivity index (χ3n) is 5.73. The van der Waals surface area contributed by atoms with Crippen LogP contribution in [-0.2, 0) is 6.42 Å². The maximum Gasteiger partial charge on any atom is 0.251 e. The van der Waals surface area contributed by atoms with E-state index in [1.807, 2.05) is 31.2 Å². The van der Waals surface area contributed by atoms with Gasteiger partial charge in [-0.2, -0.15) is 0 Å². The zero-order valence-electron chi connectivity index (χ0n) is 16.0. The SMILES string of the molecule is COc1ccc(-c2c(C(N)=O)c(C)n(C3CCc4ccccc43)c2C)cc1. The molecule has 3 aromatic rings. The molecule has 1 unspecified atom stereocenters. The number of nitrogens with zero attached hydrogens (tertiary/aromatic N) is 1. The Bertz CT molecular complexity index is 1020. The molecular weight excluding hydrogens is 336 g/mol. The number of carbonyl (C=O) groups is 1. The second-order valence-electron chi connectivity index (χ2n) is 7.14. The summed E-state index contributed by atoms with van der Waals surface area (Å²) in [6.45, 7) is 4.08. The summed E-state index contributed by atoms with van der Waals surface area (Å²) in [6.07, 6.45) is 2.09. The average molecular weight is 360 g/mol. The zero-order valence-corrected chi connectivity index (χ0v) is 16.0. The van der Waals surface area contributed by atoms with Crippen molar-refractivity contribution in [1.29, 1.82) is 0 Å². The van der Waals surface area contributed by atoms with Gasteiger partial charge in [0.15, 0.2) is 0 Å². The van der Waals surface area contributed by atoms with Crippen molar-refractivity contribution in [2.45, 2.75) is 32.7 Å². The van der Waals surface area contributed by atoms with E-state index < -0.39 is 0 Å². The lowest BCUT2D eigenvalue weighted by molar-refractivity contribution is 0.1000. The van der Waals surface area contributed by atoms with Gasteiger partial charge in [0.05, 0.1) is 18.7 Å². The van der Waals surface area contributed by atoms with E-state index in [4.69, 9.17) is 10.5 Å². The number of primary amides is 1. The average Bonchev–Trinajstić information content (AvgIpc) is 3.20. The number of aromatic nitrogens is 1. The quantitative estimate of drug-likeness (QED) is 0.749. The largest absolute Gasteiger partial charge is 0.497 e. The Morgan fingerprint density at radius 1 is 1.07 bits per heavy atom. The van der Waals surface area contributed by atoms with Crippen LogP contribution in [0.15, 0.2) is 48.5 Å². The normalized spacial score (nSPS) is 15.6. The molecule has 4 nitrogen and oxygen atoms in total. The molecule has 0 aliphatic heterocycles. The highest BCUT2D eigenvalue weighted by molar-refractivity contribution is 6.02. The van der Waals surface area contributed by atoms with Crippen LogP contribution in [0.5, 0.6) is 5.75 Å². The summed E-state index contributed by atoms with van der Waals surface area (Å²) in [7, 11) is 1.65. The van der Waals surface area contributed by atoms with Crippen molar-refractivity contribution in [3.8, 4) is 16.9 Å². The van der Waals surface area contributed by atoms with Crippen molar-refractivity contribution in [2.75, 3.05) is 7.11 Å². The first-order valence-corrected chi connectivity index (χ1v) is 9.26. The summed E-state index contributed by atoms with van der Waals surface area (Å²) in [5.74, 6) is 0.407. The summed E-state index contributed by atoms with van der Waals surface area (Å²) in [5, 5.41) is 0. The lowest BCUT2D eigenvalue weighted by Gasteiger charge is -2.19. The predicted octanol–water partition coefficient (Wildman–Crippen LogP) is 4.42. The van der Waals surface area contributed by atoms with Crippen LogP contribution in [0.1, 0.15) is 45.3 Å². The van der Waals surface area contributed by atoms with Crippen molar-refractivity contribution in [3.63, 3.8) is 0 Å². The van der Waals surface area contributed by atoms with Gasteiger partial charge < -0.3 is 15.0 Å². The van der Waals surface area contributed by atoms with Crippen molar-refractivity contribution in [1.82, 2.24) is 4.57 Å². The highest BCUT2D eigenvalue weighted by atomic mass is 16.5. The van der Waals surface area contributed by atoms with Crippen molar-refractivity contribution < 1.29 is 9.53 Å². The topological polar surface area (TPSA) is 57.2 Å². The second-order valence-corrected chi connectivity index (χ2v) is 7.14. The van der Waals surface area contributed by atoms with E-state index in [1.54, 1.807) is 7.11 Å². The fourth-order valence-electron chi connectivity index (χ4n) is 4.54. The molecule has 0 spiro atoms. The Morgan fingerprint density at radius 2 is 1.78 bits per heavy atom. The molecular formula is C23H24N2O2. The van der Waals surface area contributed by atoms with Gasteiger partial charge in [0, 0.05) is 17.0 Å². The van der Waals surface area contributed by atoms with Gasteiger partial charge in [-0.3, -0.25) is 4.79 Å². The van der Waals surface area contributed by atoms with E-state index in [9.17, 15) is 4.79 Å². The second kappa shape index (κ2) is 6.62. The summed E-state index contributed by atoms with van der Waals surface area (Å²) in [6, 6.07) is 16.6. The Morgan fingerprint density at radius 3 is 2.44 bits per heavy atom. The minimum absolute atomic E-state index is 0.242. The first kappa shape index (κ1) is 17.4. The van der Waals surface area contributed by atoms with Gasteiger partial charge in [-0.05, 0) is 55.5 Å². The number of fused-ring (bicyclic) bond motifs is 1. The van der Waals surface area contributed by atoms with Crippen LogP contribution in [0.3, 0.4) is 0 Å². The number of carbonyl (C=O) groups excluding carboxylic acids is 1. The van der Waals surface area contributed by atoms with Crippen LogP contribution >= 0.6 is 0 Å². The number of benzene rings is 2. The maximum atomic E-state index is 12.3. The fourth-order valence-corrected chi connectivity index (χ4v) is 4.54. The van der Waals surface area contributed by atoms with E-state index in [1.165, 1.54) is 11.1 Å². The molecule has 4 heteroatoms. The summed E-state index contributed by atoms with van der Waals surface area (Å²) < 4.78 is 7.56. The van der Waals surface area contributed by atoms with Crippen molar-refractivity contribution in [2.24, 2.45) is 5.73 Å². The standard InChI is InChI=1S/C23H24N2O2/c1-14-21(17-8-11-18(27-3)12-9-17)22(23(24)26)15(2)25(14)20-13-10-16-6-4-5-7-19(16)20/h4-9,11-12,20H,10,13H2,1-3H3,(H2,24,26). The van der Waals surface area contributed by atoms with Gasteiger partial charge in [0.1, 0.15) is 5.75 Å². The fraction of sp³-hybridized carbons (Fsp3) is 0.261. The van der Waals surface area contributed by atoms with Gasteiger partial charge in [-0.1, -0.05) is 36.4 Å². The summed E-state index contributed by atoms with van der Waals surface area (Å²) in [4.78, 5) is 12.3. The van der Waals surface area contributed by atoms with E-state index in [2.05, 4.69) is 35.8 Å². The number of ether oxygens (including phenoxy) is 1. The van der Waals surface area contributed by atoms with Gasteiger partial charge in [0.2, 0.25) is 0 Å². The van der Waals surface area contributed by atoms with E-state index in [0.717, 1.165) is 41.1 Å². The molecule has 1 aliphatic carbocycles. The van der Waals surface area contributed by atoms with Crippen LogP contribution in [0.25, 0.3) is 11.1 Å². The molecule has 1 atom stereocenters. The maximum absolute atomic E-state index is 12.3. The molecule has 1 aliphatic rings. The Balaban J connectivity index is 1.91. The minimum Gasteiger partial charge on any atom is -0.497 e. The minimum atomic E-state index is -0.383. The lowest BCUT2D eigenvalue weighted by Crippen LogP contribution is -2.15. The number of rotatable bonds is 4. The number of amides is 1.